The van der Waals surface area contributed by atoms with E-state index in [2.05, 4.69) is 5.32 Å². The van der Waals surface area contributed by atoms with Crippen molar-refractivity contribution in [2.24, 2.45) is 0 Å². The van der Waals surface area contributed by atoms with Crippen LogP contribution in [-0.2, 0) is 13.0 Å². The lowest BCUT2D eigenvalue weighted by Crippen LogP contribution is -2.28. The molecule has 0 aliphatic rings. The topological polar surface area (TPSA) is 61.7 Å². The minimum atomic E-state index is -0.451. The van der Waals surface area contributed by atoms with Crippen LogP contribution < -0.4 is 10.1 Å². The third-order valence-corrected chi connectivity index (χ3v) is 3.30. The molecule has 2 aromatic rings. The largest absolute Gasteiger partial charge is 0.507 e. The Balaban J connectivity index is 1.78. The van der Waals surface area contributed by atoms with Crippen molar-refractivity contribution in [2.75, 3.05) is 13.7 Å². The highest BCUT2D eigenvalue weighted by Crippen LogP contribution is 2.23. The molecular formula is C17H21NO3. The van der Waals surface area contributed by atoms with Crippen LogP contribution in [-0.4, -0.2) is 30.0 Å². The molecule has 21 heavy (non-hydrogen) atoms. The van der Waals surface area contributed by atoms with Crippen molar-refractivity contribution in [1.82, 2.24) is 5.32 Å². The summed E-state index contributed by atoms with van der Waals surface area (Å²) < 4.78 is 5.04. The maximum Gasteiger partial charge on any atom is 0.123 e. The molecule has 0 aromatic heterocycles. The predicted molar refractivity (Wildman–Crippen MR) is 82.5 cm³/mol. The first-order chi connectivity index (χ1) is 10.2. The second-order valence-corrected chi connectivity index (χ2v) is 4.97. The van der Waals surface area contributed by atoms with Gasteiger partial charge in [0.2, 0.25) is 0 Å². The number of ether oxygens (including phenoxy) is 1. The SMILES string of the molecule is COc1ccc(CNCC(O)Cc2ccccc2)c(O)c1. The van der Waals surface area contributed by atoms with E-state index in [0.717, 1.165) is 11.1 Å². The predicted octanol–water partition coefficient (Wildman–Crippen LogP) is 2.09. The zero-order chi connectivity index (χ0) is 15.1. The van der Waals surface area contributed by atoms with E-state index in [-0.39, 0.29) is 5.75 Å². The second-order valence-electron chi connectivity index (χ2n) is 4.97. The highest BCUT2D eigenvalue weighted by atomic mass is 16.5. The van der Waals surface area contributed by atoms with E-state index in [9.17, 15) is 10.2 Å². The normalized spacial score (nSPS) is 12.1. The van der Waals surface area contributed by atoms with Crippen LogP contribution in [0.3, 0.4) is 0 Å². The van der Waals surface area contributed by atoms with Gasteiger partial charge in [-0.3, -0.25) is 0 Å². The molecule has 0 spiro atoms. The van der Waals surface area contributed by atoms with Crippen LogP contribution in [0.2, 0.25) is 0 Å². The summed E-state index contributed by atoms with van der Waals surface area (Å²) in [7, 11) is 1.56. The molecule has 0 aliphatic carbocycles. The number of hydrogen-bond donors (Lipinski definition) is 3. The lowest BCUT2D eigenvalue weighted by atomic mass is 10.1. The first kappa shape index (κ1) is 15.4. The Hall–Kier alpha value is -2.04. The molecule has 3 N–H and O–H groups in total. The monoisotopic (exact) mass is 287 g/mol. The van der Waals surface area contributed by atoms with Crippen molar-refractivity contribution < 1.29 is 14.9 Å². The van der Waals surface area contributed by atoms with E-state index in [1.54, 1.807) is 19.2 Å². The first-order valence-corrected chi connectivity index (χ1v) is 6.97. The highest BCUT2D eigenvalue weighted by Gasteiger charge is 2.07. The molecule has 0 amide bonds. The van der Waals surface area contributed by atoms with Crippen molar-refractivity contribution in [3.8, 4) is 11.5 Å². The number of nitrogens with one attached hydrogen (secondary N) is 1. The minimum Gasteiger partial charge on any atom is -0.507 e. The van der Waals surface area contributed by atoms with E-state index in [1.807, 2.05) is 36.4 Å². The zero-order valence-electron chi connectivity index (χ0n) is 12.1. The van der Waals surface area contributed by atoms with Gasteiger partial charge in [0.05, 0.1) is 13.2 Å². The van der Waals surface area contributed by atoms with Gasteiger partial charge in [-0.1, -0.05) is 36.4 Å². The molecular weight excluding hydrogens is 266 g/mol. The molecule has 0 fully saturated rings. The smallest absolute Gasteiger partial charge is 0.123 e. The summed E-state index contributed by atoms with van der Waals surface area (Å²) in [5, 5.41) is 23.0. The standard InChI is InChI=1S/C17H21NO3/c1-21-16-8-7-14(17(20)10-16)11-18-12-15(19)9-13-5-3-2-4-6-13/h2-8,10,15,18-20H,9,11-12H2,1H3. The number of aliphatic hydroxyl groups is 1. The number of phenolic OH excluding ortho intramolecular Hbond substituents is 1. The highest BCUT2D eigenvalue weighted by molar-refractivity contribution is 5.39. The average molecular weight is 287 g/mol. The van der Waals surface area contributed by atoms with Gasteiger partial charge in [-0.2, -0.15) is 0 Å². The maximum atomic E-state index is 9.99. The molecule has 2 rings (SSSR count). The van der Waals surface area contributed by atoms with Crippen molar-refractivity contribution >= 4 is 0 Å². The van der Waals surface area contributed by atoms with Crippen LogP contribution in [0.5, 0.6) is 11.5 Å². The summed E-state index contributed by atoms with van der Waals surface area (Å²) in [5.41, 5.74) is 1.89. The Labute approximate surface area is 125 Å². The third kappa shape index (κ3) is 4.77. The van der Waals surface area contributed by atoms with E-state index in [1.165, 1.54) is 0 Å². The number of rotatable bonds is 7. The molecule has 4 nitrogen and oxygen atoms in total. The van der Waals surface area contributed by atoms with Crippen LogP contribution in [0.25, 0.3) is 0 Å². The van der Waals surface area contributed by atoms with Crippen molar-refractivity contribution in [3.63, 3.8) is 0 Å². The van der Waals surface area contributed by atoms with Crippen LogP contribution in [0.4, 0.5) is 0 Å². The summed E-state index contributed by atoms with van der Waals surface area (Å²) in [6, 6.07) is 15.1. The minimum absolute atomic E-state index is 0.194. The van der Waals surface area contributed by atoms with Gasteiger partial charge >= 0.3 is 0 Å². The molecule has 2 aromatic carbocycles. The fraction of sp³-hybridized carbons (Fsp3) is 0.294. The Bertz CT molecular complexity index is 557. The number of methoxy groups -OCH3 is 1. The van der Waals surface area contributed by atoms with Crippen LogP contribution >= 0.6 is 0 Å². The quantitative estimate of drug-likeness (QED) is 0.730. The van der Waals surface area contributed by atoms with Gasteiger partial charge in [0, 0.05) is 24.7 Å². The molecule has 1 atom stereocenters. The number of hydrogen-bond acceptors (Lipinski definition) is 4. The summed E-state index contributed by atoms with van der Waals surface area (Å²) >= 11 is 0. The molecule has 0 radical (unpaired) electrons. The lowest BCUT2D eigenvalue weighted by molar-refractivity contribution is 0.171. The van der Waals surface area contributed by atoms with Gasteiger partial charge in [0.1, 0.15) is 11.5 Å². The van der Waals surface area contributed by atoms with Gasteiger partial charge in [0.25, 0.3) is 0 Å². The molecule has 0 aliphatic heterocycles. The third-order valence-electron chi connectivity index (χ3n) is 3.30. The summed E-state index contributed by atoms with van der Waals surface area (Å²) in [4.78, 5) is 0. The number of aromatic hydroxyl groups is 1. The van der Waals surface area contributed by atoms with Gasteiger partial charge in [-0.15, -0.1) is 0 Å². The number of benzene rings is 2. The van der Waals surface area contributed by atoms with Crippen LogP contribution in [0.1, 0.15) is 11.1 Å². The zero-order valence-corrected chi connectivity index (χ0v) is 12.1. The van der Waals surface area contributed by atoms with Crippen LogP contribution in [0, 0.1) is 0 Å². The van der Waals surface area contributed by atoms with Crippen molar-refractivity contribution in [3.05, 3.63) is 59.7 Å². The van der Waals surface area contributed by atoms with Gasteiger partial charge in [-0.05, 0) is 18.1 Å². The Morgan fingerprint density at radius 3 is 2.57 bits per heavy atom. The molecule has 1 unspecified atom stereocenters. The molecule has 0 saturated heterocycles. The van der Waals surface area contributed by atoms with E-state index in [0.29, 0.717) is 25.3 Å². The molecule has 0 bridgehead atoms. The maximum absolute atomic E-state index is 9.99. The molecule has 0 heterocycles. The van der Waals surface area contributed by atoms with Gasteiger partial charge < -0.3 is 20.3 Å². The summed E-state index contributed by atoms with van der Waals surface area (Å²) in [5.74, 6) is 0.819. The Morgan fingerprint density at radius 2 is 1.90 bits per heavy atom. The molecule has 4 heteroatoms. The van der Waals surface area contributed by atoms with Gasteiger partial charge in [0.15, 0.2) is 0 Å². The summed E-state index contributed by atoms with van der Waals surface area (Å²) in [6.07, 6.45) is 0.162. The second kappa shape index (κ2) is 7.67. The Morgan fingerprint density at radius 1 is 1.14 bits per heavy atom. The Kier molecular flexibility index (Phi) is 5.60. The fourth-order valence-electron chi connectivity index (χ4n) is 2.15. The van der Waals surface area contributed by atoms with E-state index < -0.39 is 6.10 Å². The van der Waals surface area contributed by atoms with Crippen molar-refractivity contribution in [2.45, 2.75) is 19.1 Å². The van der Waals surface area contributed by atoms with Gasteiger partial charge in [-0.25, -0.2) is 0 Å². The van der Waals surface area contributed by atoms with E-state index >= 15 is 0 Å². The lowest BCUT2D eigenvalue weighted by Gasteiger charge is -2.13. The average Bonchev–Trinajstić information content (AvgIpc) is 2.50. The molecule has 0 saturated carbocycles. The molecule has 112 valence electrons. The number of phenols is 1. The van der Waals surface area contributed by atoms with E-state index in [4.69, 9.17) is 4.74 Å². The number of aliphatic hydroxyl groups excluding tert-OH is 1. The first-order valence-electron chi connectivity index (χ1n) is 6.97. The van der Waals surface area contributed by atoms with Crippen molar-refractivity contribution in [1.29, 1.82) is 0 Å². The summed E-state index contributed by atoms with van der Waals surface area (Å²) in [6.45, 7) is 0.974. The fourth-order valence-corrected chi connectivity index (χ4v) is 2.15. The van der Waals surface area contributed by atoms with Crippen LogP contribution in [0.15, 0.2) is 48.5 Å².